The monoisotopic (exact) mass is 169 g/mol. The zero-order valence-electron chi connectivity index (χ0n) is 8.21. The van der Waals surface area contributed by atoms with E-state index in [2.05, 4.69) is 19.8 Å². The standard InChI is InChI=1S/C10H19NO/c1-5-7-9(11)10(8(3)4)12-6-2/h1,8-10H,6-7,11H2,2-4H3. The van der Waals surface area contributed by atoms with Crippen molar-refractivity contribution in [3.8, 4) is 12.3 Å². The minimum Gasteiger partial charge on any atom is -0.377 e. The molecule has 0 bridgehead atoms. The summed E-state index contributed by atoms with van der Waals surface area (Å²) in [6.45, 7) is 6.85. The molecule has 2 unspecified atom stereocenters. The van der Waals surface area contributed by atoms with E-state index < -0.39 is 0 Å². The average Bonchev–Trinajstić information content (AvgIpc) is 1.99. The van der Waals surface area contributed by atoms with Crippen molar-refractivity contribution in [3.63, 3.8) is 0 Å². The Bertz CT molecular complexity index is 148. The zero-order valence-corrected chi connectivity index (χ0v) is 8.21. The van der Waals surface area contributed by atoms with Gasteiger partial charge in [-0.1, -0.05) is 13.8 Å². The van der Waals surface area contributed by atoms with E-state index >= 15 is 0 Å². The zero-order chi connectivity index (χ0) is 9.56. The second kappa shape index (κ2) is 6.05. The number of hydrogen-bond donors (Lipinski definition) is 1. The Labute approximate surface area is 75.5 Å². The summed E-state index contributed by atoms with van der Waals surface area (Å²) in [4.78, 5) is 0. The van der Waals surface area contributed by atoms with Crippen LogP contribution in [0.2, 0.25) is 0 Å². The molecule has 0 fully saturated rings. The van der Waals surface area contributed by atoms with Crippen molar-refractivity contribution in [2.75, 3.05) is 6.61 Å². The third kappa shape index (κ3) is 3.75. The first kappa shape index (κ1) is 11.5. The van der Waals surface area contributed by atoms with Crippen LogP contribution >= 0.6 is 0 Å². The van der Waals surface area contributed by atoms with Crippen LogP contribution < -0.4 is 5.73 Å². The molecule has 0 saturated heterocycles. The Morgan fingerprint density at radius 3 is 2.42 bits per heavy atom. The van der Waals surface area contributed by atoms with Gasteiger partial charge in [-0.15, -0.1) is 12.3 Å². The summed E-state index contributed by atoms with van der Waals surface area (Å²) in [6, 6.07) is -0.0325. The fourth-order valence-corrected chi connectivity index (χ4v) is 1.26. The molecule has 0 saturated carbocycles. The van der Waals surface area contributed by atoms with Gasteiger partial charge in [0.15, 0.2) is 0 Å². The van der Waals surface area contributed by atoms with Gasteiger partial charge in [0.25, 0.3) is 0 Å². The Hall–Kier alpha value is -0.520. The highest BCUT2D eigenvalue weighted by Gasteiger charge is 2.20. The molecule has 2 nitrogen and oxygen atoms in total. The Balaban J connectivity index is 4.01. The van der Waals surface area contributed by atoms with Crippen LogP contribution in [0.3, 0.4) is 0 Å². The number of ether oxygens (including phenoxy) is 1. The van der Waals surface area contributed by atoms with Crippen LogP contribution in [-0.4, -0.2) is 18.8 Å². The Kier molecular flexibility index (Phi) is 5.79. The average molecular weight is 169 g/mol. The molecular weight excluding hydrogens is 150 g/mol. The van der Waals surface area contributed by atoms with Gasteiger partial charge in [-0.2, -0.15) is 0 Å². The molecule has 0 spiro atoms. The number of rotatable bonds is 5. The molecule has 0 heterocycles. The highest BCUT2D eigenvalue weighted by Crippen LogP contribution is 2.11. The van der Waals surface area contributed by atoms with Crippen LogP contribution in [0.1, 0.15) is 27.2 Å². The summed E-state index contributed by atoms with van der Waals surface area (Å²) in [5.41, 5.74) is 5.85. The van der Waals surface area contributed by atoms with Crippen LogP contribution in [0.5, 0.6) is 0 Å². The van der Waals surface area contributed by atoms with Gasteiger partial charge in [0, 0.05) is 19.1 Å². The molecule has 0 aromatic carbocycles. The SMILES string of the molecule is C#CCC(N)C(OCC)C(C)C. The summed E-state index contributed by atoms with van der Waals surface area (Å²) in [6.07, 6.45) is 5.85. The van der Waals surface area contributed by atoms with E-state index in [0.717, 1.165) is 0 Å². The summed E-state index contributed by atoms with van der Waals surface area (Å²) in [5, 5.41) is 0. The van der Waals surface area contributed by atoms with Crippen molar-refractivity contribution in [2.45, 2.75) is 39.3 Å². The van der Waals surface area contributed by atoms with Gasteiger partial charge in [-0.3, -0.25) is 0 Å². The van der Waals surface area contributed by atoms with Crippen molar-refractivity contribution in [1.29, 1.82) is 0 Å². The van der Waals surface area contributed by atoms with E-state index in [9.17, 15) is 0 Å². The minimum atomic E-state index is -0.0325. The van der Waals surface area contributed by atoms with Crippen LogP contribution in [0, 0.1) is 18.3 Å². The second-order valence-corrected chi connectivity index (χ2v) is 3.24. The van der Waals surface area contributed by atoms with Gasteiger partial charge in [0.2, 0.25) is 0 Å². The Morgan fingerprint density at radius 2 is 2.08 bits per heavy atom. The molecule has 0 aliphatic rings. The van der Waals surface area contributed by atoms with Gasteiger partial charge in [-0.25, -0.2) is 0 Å². The minimum absolute atomic E-state index is 0.0325. The summed E-state index contributed by atoms with van der Waals surface area (Å²) < 4.78 is 5.50. The highest BCUT2D eigenvalue weighted by molar-refractivity contribution is 4.92. The van der Waals surface area contributed by atoms with E-state index in [1.54, 1.807) is 0 Å². The van der Waals surface area contributed by atoms with Gasteiger partial charge in [-0.05, 0) is 12.8 Å². The number of hydrogen-bond acceptors (Lipinski definition) is 2. The lowest BCUT2D eigenvalue weighted by molar-refractivity contribution is 0.0138. The predicted octanol–water partition coefficient (Wildman–Crippen LogP) is 1.40. The van der Waals surface area contributed by atoms with E-state index in [-0.39, 0.29) is 12.1 Å². The van der Waals surface area contributed by atoms with E-state index in [1.165, 1.54) is 0 Å². The molecule has 2 heteroatoms. The molecule has 0 radical (unpaired) electrons. The lowest BCUT2D eigenvalue weighted by atomic mass is 9.98. The quantitative estimate of drug-likeness (QED) is 0.631. The molecule has 0 aliphatic carbocycles. The van der Waals surface area contributed by atoms with Gasteiger partial charge in [0.1, 0.15) is 0 Å². The molecule has 12 heavy (non-hydrogen) atoms. The largest absolute Gasteiger partial charge is 0.377 e. The maximum atomic E-state index is 5.85. The smallest absolute Gasteiger partial charge is 0.0757 e. The van der Waals surface area contributed by atoms with E-state index in [4.69, 9.17) is 16.9 Å². The first-order chi connectivity index (χ1) is 5.63. The van der Waals surface area contributed by atoms with Crippen molar-refractivity contribution in [3.05, 3.63) is 0 Å². The molecule has 0 amide bonds. The van der Waals surface area contributed by atoms with E-state index in [1.807, 2.05) is 6.92 Å². The number of terminal acetylenes is 1. The third-order valence-electron chi connectivity index (χ3n) is 1.79. The van der Waals surface area contributed by atoms with Crippen molar-refractivity contribution < 1.29 is 4.74 Å². The molecule has 2 atom stereocenters. The fraction of sp³-hybridized carbons (Fsp3) is 0.800. The topological polar surface area (TPSA) is 35.2 Å². The maximum absolute atomic E-state index is 5.85. The van der Waals surface area contributed by atoms with Crippen molar-refractivity contribution in [2.24, 2.45) is 11.7 Å². The van der Waals surface area contributed by atoms with E-state index in [0.29, 0.717) is 18.9 Å². The normalized spacial score (nSPS) is 15.7. The first-order valence-electron chi connectivity index (χ1n) is 4.44. The molecule has 70 valence electrons. The van der Waals surface area contributed by atoms with Gasteiger partial charge in [0.05, 0.1) is 6.10 Å². The van der Waals surface area contributed by atoms with Crippen LogP contribution in [-0.2, 0) is 4.74 Å². The second-order valence-electron chi connectivity index (χ2n) is 3.24. The lowest BCUT2D eigenvalue weighted by Gasteiger charge is -2.25. The molecule has 0 aromatic rings. The first-order valence-corrected chi connectivity index (χ1v) is 4.44. The predicted molar refractivity (Wildman–Crippen MR) is 51.7 cm³/mol. The Morgan fingerprint density at radius 1 is 1.50 bits per heavy atom. The maximum Gasteiger partial charge on any atom is 0.0757 e. The molecule has 2 N–H and O–H groups in total. The van der Waals surface area contributed by atoms with Crippen LogP contribution in [0.25, 0.3) is 0 Å². The highest BCUT2D eigenvalue weighted by atomic mass is 16.5. The summed E-state index contributed by atoms with van der Waals surface area (Å²) >= 11 is 0. The molecular formula is C10H19NO. The molecule has 0 aliphatic heterocycles. The summed E-state index contributed by atoms with van der Waals surface area (Å²) in [7, 11) is 0. The van der Waals surface area contributed by atoms with Crippen molar-refractivity contribution >= 4 is 0 Å². The number of nitrogens with two attached hydrogens (primary N) is 1. The lowest BCUT2D eigenvalue weighted by Crippen LogP contribution is -2.40. The fourth-order valence-electron chi connectivity index (χ4n) is 1.26. The van der Waals surface area contributed by atoms with Crippen LogP contribution in [0.15, 0.2) is 0 Å². The third-order valence-corrected chi connectivity index (χ3v) is 1.79. The van der Waals surface area contributed by atoms with Gasteiger partial charge >= 0.3 is 0 Å². The molecule has 0 aromatic heterocycles. The van der Waals surface area contributed by atoms with Crippen molar-refractivity contribution in [1.82, 2.24) is 0 Å². The van der Waals surface area contributed by atoms with Gasteiger partial charge < -0.3 is 10.5 Å². The van der Waals surface area contributed by atoms with Crippen LogP contribution in [0.4, 0.5) is 0 Å². The summed E-state index contributed by atoms with van der Waals surface area (Å²) in [5.74, 6) is 2.98. The molecule has 0 rings (SSSR count).